The van der Waals surface area contributed by atoms with E-state index in [0.29, 0.717) is 22.9 Å². The van der Waals surface area contributed by atoms with E-state index in [0.717, 1.165) is 62.6 Å². The molecule has 1 aliphatic heterocycles. The molecule has 1 N–H and O–H groups in total. The van der Waals surface area contributed by atoms with E-state index in [1.165, 1.54) is 0 Å². The number of likely N-dealkylation sites (N-methyl/N-ethyl adjacent to an activating group) is 1. The van der Waals surface area contributed by atoms with Crippen LogP contribution in [-0.2, 0) is 15.1 Å². The van der Waals surface area contributed by atoms with E-state index in [4.69, 9.17) is 21.1 Å². The van der Waals surface area contributed by atoms with Crippen LogP contribution in [0.4, 0.5) is 0 Å². The Labute approximate surface area is 214 Å². The molecule has 0 spiro atoms. The molecular formula is C27H35Cl2NO4. The molecule has 1 heterocycles. The Bertz CT molecular complexity index is 937. The Kier molecular flexibility index (Phi) is 9.27. The van der Waals surface area contributed by atoms with Gasteiger partial charge in [-0.2, -0.15) is 0 Å². The number of nitrogens with zero attached hydrogens (tertiary/aromatic N) is 1. The number of esters is 1. The normalized spacial score (nSPS) is 24.3. The number of aliphatic hydroxyl groups is 1. The number of halogens is 2. The van der Waals surface area contributed by atoms with Gasteiger partial charge >= 0.3 is 5.97 Å². The first kappa shape index (κ1) is 26.8. The Morgan fingerprint density at radius 2 is 1.76 bits per heavy atom. The molecule has 1 aliphatic carbocycles. The minimum Gasteiger partial charge on any atom is -1.00 e. The van der Waals surface area contributed by atoms with Crippen LogP contribution in [-0.4, -0.2) is 55.0 Å². The summed E-state index contributed by atoms with van der Waals surface area (Å²) in [6.07, 6.45) is 5.31. The predicted octanol–water partition coefficient (Wildman–Crippen LogP) is 1.95. The van der Waals surface area contributed by atoms with Gasteiger partial charge in [-0.15, -0.1) is 0 Å². The number of para-hydroxylation sites is 1. The first-order chi connectivity index (χ1) is 15.9. The van der Waals surface area contributed by atoms with Gasteiger partial charge in [0.2, 0.25) is 0 Å². The zero-order valence-corrected chi connectivity index (χ0v) is 21.3. The van der Waals surface area contributed by atoms with E-state index in [9.17, 15) is 9.90 Å². The van der Waals surface area contributed by atoms with Crippen LogP contribution in [0.1, 0.15) is 44.1 Å². The SMILES string of the molecule is C[N+]1(CCCOc2ccccc2Cl)CC[C@@H](OC(=O)[C@](O)(c2ccccc2)C2CCCC2)C1.[Cl-]. The van der Waals surface area contributed by atoms with E-state index < -0.39 is 11.6 Å². The molecule has 7 heteroatoms. The molecule has 4 rings (SSSR count). The van der Waals surface area contributed by atoms with Gasteiger partial charge < -0.3 is 31.5 Å². The number of rotatable bonds is 9. The molecule has 1 saturated heterocycles. The van der Waals surface area contributed by atoms with Crippen molar-refractivity contribution in [2.75, 3.05) is 33.3 Å². The van der Waals surface area contributed by atoms with Crippen molar-refractivity contribution in [1.29, 1.82) is 0 Å². The number of likely N-dealkylation sites (tertiary alicyclic amines) is 1. The minimum atomic E-state index is -1.56. The van der Waals surface area contributed by atoms with Crippen LogP contribution < -0.4 is 17.1 Å². The molecule has 0 radical (unpaired) electrons. The second-order valence-electron chi connectivity index (χ2n) is 9.81. The second kappa shape index (κ2) is 11.8. The Morgan fingerprint density at radius 3 is 2.47 bits per heavy atom. The van der Waals surface area contributed by atoms with Gasteiger partial charge in [0.25, 0.3) is 0 Å². The minimum absolute atomic E-state index is 0. The quantitative estimate of drug-likeness (QED) is 0.320. The molecule has 5 nitrogen and oxygen atoms in total. The van der Waals surface area contributed by atoms with Crippen molar-refractivity contribution in [3.63, 3.8) is 0 Å². The second-order valence-corrected chi connectivity index (χ2v) is 10.2. The Morgan fingerprint density at radius 1 is 1.09 bits per heavy atom. The van der Waals surface area contributed by atoms with E-state index in [-0.39, 0.29) is 24.4 Å². The summed E-state index contributed by atoms with van der Waals surface area (Å²) in [6.45, 7) is 3.23. The molecule has 1 unspecified atom stereocenters. The van der Waals surface area contributed by atoms with E-state index in [2.05, 4.69) is 7.05 Å². The average Bonchev–Trinajstić information content (AvgIpc) is 3.49. The monoisotopic (exact) mass is 507 g/mol. The average molecular weight is 508 g/mol. The van der Waals surface area contributed by atoms with Gasteiger partial charge in [0.1, 0.15) is 12.3 Å². The van der Waals surface area contributed by atoms with Crippen molar-refractivity contribution in [3.05, 3.63) is 65.2 Å². The van der Waals surface area contributed by atoms with Crippen LogP contribution in [0.5, 0.6) is 5.75 Å². The lowest BCUT2D eigenvalue weighted by atomic mass is 9.80. The smallest absolute Gasteiger partial charge is 0.343 e. The summed E-state index contributed by atoms with van der Waals surface area (Å²) in [7, 11) is 2.20. The van der Waals surface area contributed by atoms with Crippen molar-refractivity contribution in [1.82, 2.24) is 0 Å². The van der Waals surface area contributed by atoms with Crippen LogP contribution in [0.3, 0.4) is 0 Å². The van der Waals surface area contributed by atoms with Gasteiger partial charge in [-0.05, 0) is 30.5 Å². The van der Waals surface area contributed by atoms with Crippen LogP contribution in [0.2, 0.25) is 5.02 Å². The van der Waals surface area contributed by atoms with Crippen LogP contribution in [0, 0.1) is 5.92 Å². The molecule has 2 fully saturated rings. The molecule has 0 bridgehead atoms. The fourth-order valence-corrected chi connectivity index (χ4v) is 5.61. The lowest BCUT2D eigenvalue weighted by molar-refractivity contribution is -0.899. The summed E-state index contributed by atoms with van der Waals surface area (Å²) >= 11 is 6.16. The zero-order valence-electron chi connectivity index (χ0n) is 19.8. The number of benzene rings is 2. The van der Waals surface area contributed by atoms with E-state index in [1.54, 1.807) is 0 Å². The largest absolute Gasteiger partial charge is 1.00 e. The molecule has 0 amide bonds. The van der Waals surface area contributed by atoms with Gasteiger partial charge in [-0.1, -0.05) is 66.9 Å². The molecule has 3 atom stereocenters. The maximum Gasteiger partial charge on any atom is 0.343 e. The summed E-state index contributed by atoms with van der Waals surface area (Å²) in [4.78, 5) is 13.4. The van der Waals surface area contributed by atoms with Crippen molar-refractivity contribution in [2.24, 2.45) is 5.92 Å². The third-order valence-corrected chi connectivity index (χ3v) is 7.63. The number of carbonyl (C=O) groups is 1. The van der Waals surface area contributed by atoms with E-state index >= 15 is 0 Å². The van der Waals surface area contributed by atoms with Gasteiger partial charge in [0.05, 0.1) is 31.8 Å². The summed E-state index contributed by atoms with van der Waals surface area (Å²) in [5.74, 6) is 0.139. The fraction of sp³-hybridized carbons (Fsp3) is 0.519. The number of ether oxygens (including phenoxy) is 2. The van der Waals surface area contributed by atoms with Gasteiger partial charge in [0, 0.05) is 18.8 Å². The lowest BCUT2D eigenvalue weighted by Crippen LogP contribution is -3.00. The molecule has 186 valence electrons. The maximum absolute atomic E-state index is 13.4. The van der Waals surface area contributed by atoms with Gasteiger partial charge in [0.15, 0.2) is 11.7 Å². The number of hydrogen-bond acceptors (Lipinski definition) is 4. The highest BCUT2D eigenvalue weighted by Crippen LogP contribution is 2.42. The van der Waals surface area contributed by atoms with Crippen molar-refractivity contribution in [2.45, 2.75) is 50.2 Å². The third-order valence-electron chi connectivity index (χ3n) is 7.32. The Balaban J connectivity index is 0.00000324. The van der Waals surface area contributed by atoms with Crippen LogP contribution in [0.15, 0.2) is 54.6 Å². The highest BCUT2D eigenvalue weighted by molar-refractivity contribution is 6.32. The summed E-state index contributed by atoms with van der Waals surface area (Å²) < 4.78 is 12.6. The van der Waals surface area contributed by atoms with Crippen molar-refractivity contribution >= 4 is 17.6 Å². The summed E-state index contributed by atoms with van der Waals surface area (Å²) in [5.41, 5.74) is -0.916. The molecule has 2 aromatic carbocycles. The fourth-order valence-electron chi connectivity index (χ4n) is 5.42. The molecule has 0 aromatic heterocycles. The van der Waals surface area contributed by atoms with Crippen molar-refractivity contribution < 1.29 is 36.3 Å². The first-order valence-corrected chi connectivity index (χ1v) is 12.5. The van der Waals surface area contributed by atoms with E-state index in [1.807, 2.05) is 54.6 Å². The Hall–Kier alpha value is -1.79. The number of carbonyl (C=O) groups excluding carboxylic acids is 1. The first-order valence-electron chi connectivity index (χ1n) is 12.1. The van der Waals surface area contributed by atoms with Crippen molar-refractivity contribution in [3.8, 4) is 5.75 Å². The van der Waals surface area contributed by atoms with Crippen LogP contribution in [0.25, 0.3) is 0 Å². The highest BCUT2D eigenvalue weighted by atomic mass is 35.5. The molecule has 1 saturated carbocycles. The summed E-state index contributed by atoms with van der Waals surface area (Å²) in [6, 6.07) is 16.8. The van der Waals surface area contributed by atoms with Gasteiger partial charge in [-0.3, -0.25) is 0 Å². The predicted molar refractivity (Wildman–Crippen MR) is 129 cm³/mol. The topological polar surface area (TPSA) is 55.8 Å². The standard InChI is InChI=1S/C27H35ClNO4.ClH/c1-29(17-9-19-32-25-15-8-7-14-24(25)28)18-16-23(20-29)33-26(30)27(31,22-12-5-6-13-22)21-10-3-2-4-11-21;/h2-4,7-8,10-11,14-15,22-23,31H,5-6,9,12-13,16-20H2,1H3;1H/q+1;/p-1/t23-,27+,29?;/m1./s1. The highest BCUT2D eigenvalue weighted by Gasteiger charge is 2.49. The third kappa shape index (κ3) is 6.06. The lowest BCUT2D eigenvalue weighted by Gasteiger charge is -2.33. The molecule has 2 aliphatic rings. The zero-order chi connectivity index (χ0) is 23.3. The molecular weight excluding hydrogens is 473 g/mol. The molecule has 34 heavy (non-hydrogen) atoms. The number of quaternary nitrogens is 1. The number of hydrogen-bond donors (Lipinski definition) is 1. The molecule has 2 aromatic rings. The van der Waals surface area contributed by atoms with Crippen LogP contribution >= 0.6 is 11.6 Å². The van der Waals surface area contributed by atoms with Gasteiger partial charge in [-0.25, -0.2) is 4.79 Å². The maximum atomic E-state index is 13.4. The summed E-state index contributed by atoms with van der Waals surface area (Å²) in [5, 5.41) is 12.3.